The van der Waals surface area contributed by atoms with Crippen molar-refractivity contribution < 1.29 is 9.84 Å². The maximum atomic E-state index is 9.30. The highest BCUT2D eigenvalue weighted by Gasteiger charge is 2.31. The van der Waals surface area contributed by atoms with Crippen LogP contribution >= 0.6 is 0 Å². The molecule has 0 radical (unpaired) electrons. The Morgan fingerprint density at radius 2 is 2.38 bits per heavy atom. The second kappa shape index (κ2) is 3.01. The van der Waals surface area contributed by atoms with Crippen LogP contribution in [0.2, 0.25) is 0 Å². The molecule has 1 unspecified atom stereocenters. The fourth-order valence-electron chi connectivity index (χ4n) is 1.58. The molecule has 1 heterocycles. The van der Waals surface area contributed by atoms with Crippen LogP contribution in [0, 0.1) is 0 Å². The van der Waals surface area contributed by atoms with E-state index in [0.717, 1.165) is 12.1 Å². The Bertz CT molecular complexity index is 306. The first-order chi connectivity index (χ1) is 6.21. The maximum absolute atomic E-state index is 9.30. The minimum atomic E-state index is -0.432. The fourth-order valence-corrected chi connectivity index (χ4v) is 1.58. The number of hydrogen-bond donors (Lipinski definition) is 2. The molecule has 2 rings (SSSR count). The smallest absolute Gasteiger partial charge is 0.142 e. The molecular weight excluding hydrogens is 166 g/mol. The van der Waals surface area contributed by atoms with E-state index in [9.17, 15) is 5.11 Å². The summed E-state index contributed by atoms with van der Waals surface area (Å²) in [5, 5.41) is 12.5. The zero-order valence-corrected chi connectivity index (χ0v) is 7.58. The van der Waals surface area contributed by atoms with E-state index in [0.29, 0.717) is 6.61 Å². The molecule has 1 atom stereocenters. The molecule has 70 valence electrons. The third-order valence-electron chi connectivity index (χ3n) is 2.35. The van der Waals surface area contributed by atoms with Gasteiger partial charge in [-0.1, -0.05) is 12.1 Å². The van der Waals surface area contributed by atoms with Gasteiger partial charge in [0.15, 0.2) is 0 Å². The third-order valence-corrected chi connectivity index (χ3v) is 2.35. The highest BCUT2D eigenvalue weighted by atomic mass is 16.5. The van der Waals surface area contributed by atoms with Crippen LogP contribution in [-0.2, 0) is 10.5 Å². The van der Waals surface area contributed by atoms with Crippen LogP contribution in [0.4, 0.5) is 0 Å². The minimum absolute atomic E-state index is 0.274. The average Bonchev–Trinajstić information content (AvgIpc) is 2.54. The van der Waals surface area contributed by atoms with Crippen LogP contribution < -0.4 is 5.32 Å². The summed E-state index contributed by atoms with van der Waals surface area (Å²) in [4.78, 5) is 0. The molecule has 0 aromatic heterocycles. The van der Waals surface area contributed by atoms with Gasteiger partial charge in [-0.2, -0.15) is 0 Å². The van der Waals surface area contributed by atoms with Crippen LogP contribution in [0.3, 0.4) is 0 Å². The van der Waals surface area contributed by atoms with Gasteiger partial charge in [-0.15, -0.1) is 0 Å². The van der Waals surface area contributed by atoms with Crippen molar-refractivity contribution in [3.05, 3.63) is 29.8 Å². The molecule has 0 spiro atoms. The van der Waals surface area contributed by atoms with Gasteiger partial charge in [0.2, 0.25) is 0 Å². The first kappa shape index (κ1) is 8.53. The van der Waals surface area contributed by atoms with Gasteiger partial charge in [0.1, 0.15) is 11.5 Å². The van der Waals surface area contributed by atoms with Gasteiger partial charge < -0.3 is 9.84 Å². The first-order valence-electron chi connectivity index (χ1n) is 4.39. The Balaban J connectivity index is 2.33. The van der Waals surface area contributed by atoms with E-state index in [1.165, 1.54) is 0 Å². The largest absolute Gasteiger partial charge is 0.508 e. The number of ether oxygens (including phenoxy) is 1. The Morgan fingerprint density at radius 3 is 3.00 bits per heavy atom. The van der Waals surface area contributed by atoms with Gasteiger partial charge in [-0.05, 0) is 19.1 Å². The van der Waals surface area contributed by atoms with Gasteiger partial charge in [-0.3, -0.25) is 5.32 Å². The van der Waals surface area contributed by atoms with Gasteiger partial charge in [0, 0.05) is 12.1 Å². The van der Waals surface area contributed by atoms with Gasteiger partial charge in [-0.25, -0.2) is 0 Å². The zero-order valence-electron chi connectivity index (χ0n) is 7.58. The lowest BCUT2D eigenvalue weighted by atomic mass is 10.1. The summed E-state index contributed by atoms with van der Waals surface area (Å²) in [5.74, 6) is 0.274. The Labute approximate surface area is 77.3 Å². The molecule has 1 aliphatic heterocycles. The topological polar surface area (TPSA) is 41.5 Å². The van der Waals surface area contributed by atoms with Crippen molar-refractivity contribution in [2.75, 3.05) is 13.2 Å². The SMILES string of the molecule is CC1(c2cccc(O)c2)NCCO1. The van der Waals surface area contributed by atoms with E-state index in [1.807, 2.05) is 19.1 Å². The number of rotatable bonds is 1. The Morgan fingerprint density at radius 1 is 1.54 bits per heavy atom. The maximum Gasteiger partial charge on any atom is 0.142 e. The van der Waals surface area contributed by atoms with E-state index >= 15 is 0 Å². The summed E-state index contributed by atoms with van der Waals surface area (Å²) >= 11 is 0. The molecule has 0 bridgehead atoms. The van der Waals surface area contributed by atoms with Crippen molar-refractivity contribution in [2.24, 2.45) is 0 Å². The molecule has 1 saturated heterocycles. The predicted molar refractivity (Wildman–Crippen MR) is 49.4 cm³/mol. The second-order valence-corrected chi connectivity index (χ2v) is 3.36. The van der Waals surface area contributed by atoms with Crippen molar-refractivity contribution in [1.82, 2.24) is 5.32 Å². The number of nitrogens with one attached hydrogen (secondary N) is 1. The van der Waals surface area contributed by atoms with E-state index in [2.05, 4.69) is 5.32 Å². The molecule has 0 amide bonds. The molecule has 0 saturated carbocycles. The lowest BCUT2D eigenvalue weighted by molar-refractivity contribution is 0.00232. The van der Waals surface area contributed by atoms with Crippen molar-refractivity contribution in [3.8, 4) is 5.75 Å². The third kappa shape index (κ3) is 1.53. The summed E-state index contributed by atoms with van der Waals surface area (Å²) in [5.41, 5.74) is 0.531. The van der Waals surface area contributed by atoms with Gasteiger partial charge in [0.05, 0.1) is 6.61 Å². The summed E-state index contributed by atoms with van der Waals surface area (Å²) in [6.45, 7) is 3.53. The number of phenolic OH excluding ortho intramolecular Hbond substituents is 1. The summed E-state index contributed by atoms with van der Waals surface area (Å²) < 4.78 is 5.56. The quantitative estimate of drug-likeness (QED) is 0.680. The van der Waals surface area contributed by atoms with Crippen molar-refractivity contribution in [2.45, 2.75) is 12.6 Å². The molecule has 1 aliphatic rings. The van der Waals surface area contributed by atoms with Crippen LogP contribution in [0.25, 0.3) is 0 Å². The lowest BCUT2D eigenvalue weighted by Gasteiger charge is -2.23. The molecule has 1 aromatic rings. The molecule has 2 N–H and O–H groups in total. The fraction of sp³-hybridized carbons (Fsp3) is 0.400. The zero-order chi connectivity index (χ0) is 9.31. The Kier molecular flexibility index (Phi) is 1.98. The molecular formula is C10H13NO2. The summed E-state index contributed by atoms with van der Waals surface area (Å²) in [6, 6.07) is 7.14. The van der Waals surface area contributed by atoms with Crippen LogP contribution in [-0.4, -0.2) is 18.3 Å². The molecule has 3 nitrogen and oxygen atoms in total. The number of aromatic hydroxyl groups is 1. The standard InChI is InChI=1S/C10H13NO2/c1-10(11-5-6-13-10)8-3-2-4-9(12)7-8/h2-4,7,11-12H,5-6H2,1H3. The number of phenols is 1. The number of hydrogen-bond acceptors (Lipinski definition) is 3. The van der Waals surface area contributed by atoms with E-state index < -0.39 is 5.72 Å². The first-order valence-corrected chi connectivity index (χ1v) is 4.39. The monoisotopic (exact) mass is 179 g/mol. The molecule has 13 heavy (non-hydrogen) atoms. The van der Waals surface area contributed by atoms with E-state index in [4.69, 9.17) is 4.74 Å². The van der Waals surface area contributed by atoms with Crippen LogP contribution in [0.5, 0.6) is 5.75 Å². The van der Waals surface area contributed by atoms with E-state index in [-0.39, 0.29) is 5.75 Å². The molecule has 0 aliphatic carbocycles. The number of benzene rings is 1. The minimum Gasteiger partial charge on any atom is -0.508 e. The average molecular weight is 179 g/mol. The van der Waals surface area contributed by atoms with Gasteiger partial charge >= 0.3 is 0 Å². The van der Waals surface area contributed by atoms with Crippen molar-refractivity contribution in [1.29, 1.82) is 0 Å². The summed E-state index contributed by atoms with van der Waals surface area (Å²) in [6.07, 6.45) is 0. The van der Waals surface area contributed by atoms with Crippen molar-refractivity contribution in [3.63, 3.8) is 0 Å². The van der Waals surface area contributed by atoms with Crippen LogP contribution in [0.1, 0.15) is 12.5 Å². The summed E-state index contributed by atoms with van der Waals surface area (Å²) in [7, 11) is 0. The Hall–Kier alpha value is -1.06. The predicted octanol–water partition coefficient (Wildman–Crippen LogP) is 1.18. The second-order valence-electron chi connectivity index (χ2n) is 3.36. The lowest BCUT2D eigenvalue weighted by Crippen LogP contribution is -2.34. The highest BCUT2D eigenvalue weighted by Crippen LogP contribution is 2.27. The van der Waals surface area contributed by atoms with Crippen molar-refractivity contribution >= 4 is 0 Å². The normalized spacial score (nSPS) is 27.8. The highest BCUT2D eigenvalue weighted by molar-refractivity contribution is 5.31. The molecule has 3 heteroatoms. The van der Waals surface area contributed by atoms with E-state index in [1.54, 1.807) is 12.1 Å². The molecule has 1 fully saturated rings. The van der Waals surface area contributed by atoms with Gasteiger partial charge in [0.25, 0.3) is 0 Å². The van der Waals surface area contributed by atoms with Crippen LogP contribution in [0.15, 0.2) is 24.3 Å². The molecule has 1 aromatic carbocycles.